The van der Waals surface area contributed by atoms with Crippen LogP contribution in [-0.4, -0.2) is 34.4 Å². The van der Waals surface area contributed by atoms with Gasteiger partial charge >= 0.3 is 0 Å². The molecule has 0 bridgehead atoms. The molecule has 0 aliphatic carbocycles. The average Bonchev–Trinajstić information content (AvgIpc) is 2.83. The van der Waals surface area contributed by atoms with E-state index in [1.807, 2.05) is 24.3 Å². The molecule has 0 saturated heterocycles. The molecule has 18 heavy (non-hydrogen) atoms. The minimum Gasteiger partial charge on any atom is -0.345 e. The number of likely N-dealkylation sites (N-methyl/N-ethyl adjacent to an activating group) is 1. The Morgan fingerprint density at radius 2 is 2.39 bits per heavy atom. The summed E-state index contributed by atoms with van der Waals surface area (Å²) in [6.45, 7) is 0.611. The maximum Gasteiger partial charge on any atom is 0.236 e. The zero-order valence-electron chi connectivity index (χ0n) is 10.2. The number of imidazole rings is 1. The van der Waals surface area contributed by atoms with Crippen molar-refractivity contribution in [2.45, 2.75) is 12.8 Å². The van der Waals surface area contributed by atoms with Crippen molar-refractivity contribution in [2.24, 2.45) is 0 Å². The summed E-state index contributed by atoms with van der Waals surface area (Å²) in [6.07, 6.45) is 2.37. The van der Waals surface area contributed by atoms with E-state index >= 15 is 0 Å². The van der Waals surface area contributed by atoms with Gasteiger partial charge in [-0.3, -0.25) is 4.79 Å². The first-order valence-electron chi connectivity index (χ1n) is 5.73. The summed E-state index contributed by atoms with van der Waals surface area (Å²) in [4.78, 5) is 20.2. The van der Waals surface area contributed by atoms with Crippen LogP contribution in [0.4, 0.5) is 0 Å². The second-order valence-electron chi connectivity index (χ2n) is 4.15. The van der Waals surface area contributed by atoms with Gasteiger partial charge in [-0.2, -0.15) is 5.26 Å². The molecule has 1 N–H and O–H groups in total. The Labute approximate surface area is 105 Å². The number of H-pyrrole nitrogens is 1. The van der Waals surface area contributed by atoms with Gasteiger partial charge in [0.2, 0.25) is 5.91 Å². The van der Waals surface area contributed by atoms with E-state index in [1.54, 1.807) is 18.3 Å². The van der Waals surface area contributed by atoms with Crippen molar-refractivity contribution in [3.8, 4) is 6.07 Å². The van der Waals surface area contributed by atoms with Gasteiger partial charge in [0.05, 0.1) is 23.4 Å². The normalized spacial score (nSPS) is 10.2. The number of nitrogens with one attached hydrogen (secondary N) is 1. The number of hydrogen-bond donors (Lipinski definition) is 1. The smallest absolute Gasteiger partial charge is 0.236 e. The zero-order valence-corrected chi connectivity index (χ0v) is 10.2. The Balaban J connectivity index is 1.97. The molecule has 1 aromatic carbocycles. The highest BCUT2D eigenvalue weighted by Crippen LogP contribution is 2.12. The largest absolute Gasteiger partial charge is 0.345 e. The van der Waals surface area contributed by atoms with Crippen LogP contribution in [0.1, 0.15) is 12.0 Å². The number of fused-ring (bicyclic) bond motifs is 1. The monoisotopic (exact) mass is 242 g/mol. The van der Waals surface area contributed by atoms with E-state index in [9.17, 15) is 4.79 Å². The highest BCUT2D eigenvalue weighted by molar-refractivity contribution is 5.78. The highest BCUT2D eigenvalue weighted by atomic mass is 16.2. The van der Waals surface area contributed by atoms with E-state index in [0.717, 1.165) is 23.0 Å². The molecule has 0 aliphatic heterocycles. The standard InChI is InChI=1S/C13H14N4O/c1-17(13(18)4-6-14)7-5-10-2-3-11-12(8-10)16-9-15-11/h2-3,8-9H,4-5,7H2,1H3,(H,15,16). The molecule has 0 unspecified atom stereocenters. The van der Waals surface area contributed by atoms with E-state index in [0.29, 0.717) is 6.54 Å². The molecule has 0 aliphatic rings. The number of nitrogens with zero attached hydrogens (tertiary/aromatic N) is 3. The minimum absolute atomic E-state index is 0.0594. The Kier molecular flexibility index (Phi) is 3.58. The van der Waals surface area contributed by atoms with E-state index in [-0.39, 0.29) is 12.3 Å². The van der Waals surface area contributed by atoms with E-state index in [2.05, 4.69) is 9.97 Å². The predicted octanol–water partition coefficient (Wildman–Crippen LogP) is 1.48. The molecular weight excluding hydrogens is 228 g/mol. The van der Waals surface area contributed by atoms with Gasteiger partial charge < -0.3 is 9.88 Å². The molecule has 0 fully saturated rings. The number of carbonyl (C=O) groups excluding carboxylic acids is 1. The van der Waals surface area contributed by atoms with Gasteiger partial charge in [-0.25, -0.2) is 4.98 Å². The third kappa shape index (κ3) is 2.66. The quantitative estimate of drug-likeness (QED) is 0.882. The number of rotatable bonds is 4. The Morgan fingerprint density at radius 1 is 1.56 bits per heavy atom. The Hall–Kier alpha value is -2.35. The fourth-order valence-electron chi connectivity index (χ4n) is 1.76. The number of nitriles is 1. The van der Waals surface area contributed by atoms with Crippen LogP contribution in [-0.2, 0) is 11.2 Å². The van der Waals surface area contributed by atoms with Crippen LogP contribution in [0, 0.1) is 11.3 Å². The summed E-state index contributed by atoms with van der Waals surface area (Å²) in [7, 11) is 1.72. The first kappa shape index (κ1) is 12.1. The van der Waals surface area contributed by atoms with Gasteiger partial charge in [-0.15, -0.1) is 0 Å². The maximum absolute atomic E-state index is 11.4. The average molecular weight is 242 g/mol. The lowest BCUT2D eigenvalue weighted by Crippen LogP contribution is -2.28. The fraction of sp³-hybridized carbons (Fsp3) is 0.308. The van der Waals surface area contributed by atoms with Crippen LogP contribution in [0.15, 0.2) is 24.5 Å². The van der Waals surface area contributed by atoms with Crippen molar-refractivity contribution < 1.29 is 4.79 Å². The summed E-state index contributed by atoms with van der Waals surface area (Å²) in [5, 5.41) is 8.46. The van der Waals surface area contributed by atoms with Crippen LogP contribution in [0.2, 0.25) is 0 Å². The van der Waals surface area contributed by atoms with Gasteiger partial charge in [0, 0.05) is 13.6 Å². The van der Waals surface area contributed by atoms with Crippen molar-refractivity contribution in [3.05, 3.63) is 30.1 Å². The molecule has 1 heterocycles. The highest BCUT2D eigenvalue weighted by Gasteiger charge is 2.07. The Bertz CT molecular complexity index is 596. The summed E-state index contributed by atoms with van der Waals surface area (Å²) in [6, 6.07) is 7.86. The van der Waals surface area contributed by atoms with E-state index in [1.165, 1.54) is 0 Å². The van der Waals surface area contributed by atoms with Gasteiger partial charge in [-0.05, 0) is 24.1 Å². The number of aromatic nitrogens is 2. The fourth-order valence-corrected chi connectivity index (χ4v) is 1.76. The van der Waals surface area contributed by atoms with E-state index in [4.69, 9.17) is 5.26 Å². The number of aromatic amines is 1. The molecule has 0 radical (unpaired) electrons. The number of benzene rings is 1. The third-order valence-corrected chi connectivity index (χ3v) is 2.88. The maximum atomic E-state index is 11.4. The van der Waals surface area contributed by atoms with Crippen LogP contribution in [0.3, 0.4) is 0 Å². The lowest BCUT2D eigenvalue weighted by Gasteiger charge is -2.15. The predicted molar refractivity (Wildman–Crippen MR) is 67.7 cm³/mol. The number of hydrogen-bond acceptors (Lipinski definition) is 3. The number of amides is 1. The topological polar surface area (TPSA) is 72.8 Å². The molecule has 1 aromatic heterocycles. The first-order valence-corrected chi connectivity index (χ1v) is 5.73. The Morgan fingerprint density at radius 3 is 3.17 bits per heavy atom. The second kappa shape index (κ2) is 5.32. The molecule has 2 aromatic rings. The van der Waals surface area contributed by atoms with Crippen LogP contribution in [0.5, 0.6) is 0 Å². The van der Waals surface area contributed by atoms with Crippen LogP contribution >= 0.6 is 0 Å². The molecule has 0 spiro atoms. The molecule has 5 heteroatoms. The lowest BCUT2D eigenvalue weighted by molar-refractivity contribution is -0.128. The van der Waals surface area contributed by atoms with Crippen molar-refractivity contribution >= 4 is 16.9 Å². The summed E-state index contributed by atoms with van der Waals surface area (Å²) in [5.74, 6) is -0.139. The van der Waals surface area contributed by atoms with Crippen molar-refractivity contribution in [2.75, 3.05) is 13.6 Å². The van der Waals surface area contributed by atoms with Crippen molar-refractivity contribution in [3.63, 3.8) is 0 Å². The van der Waals surface area contributed by atoms with Crippen molar-refractivity contribution in [1.82, 2.24) is 14.9 Å². The summed E-state index contributed by atoms with van der Waals surface area (Å²) >= 11 is 0. The third-order valence-electron chi connectivity index (χ3n) is 2.88. The van der Waals surface area contributed by atoms with Gasteiger partial charge in [0.15, 0.2) is 0 Å². The second-order valence-corrected chi connectivity index (χ2v) is 4.15. The molecular formula is C13H14N4O. The molecule has 0 saturated carbocycles. The van der Waals surface area contributed by atoms with Crippen LogP contribution in [0.25, 0.3) is 11.0 Å². The van der Waals surface area contributed by atoms with E-state index < -0.39 is 0 Å². The molecule has 1 amide bonds. The molecule has 0 atom stereocenters. The lowest BCUT2D eigenvalue weighted by atomic mass is 10.1. The minimum atomic E-state index is -0.139. The first-order chi connectivity index (χ1) is 8.70. The summed E-state index contributed by atoms with van der Waals surface area (Å²) < 4.78 is 0. The molecule has 92 valence electrons. The SMILES string of the molecule is CN(CCc1ccc2nc[nH]c2c1)C(=O)CC#N. The molecule has 5 nitrogen and oxygen atoms in total. The van der Waals surface area contributed by atoms with Crippen molar-refractivity contribution in [1.29, 1.82) is 5.26 Å². The van der Waals surface area contributed by atoms with Gasteiger partial charge in [0.25, 0.3) is 0 Å². The van der Waals surface area contributed by atoms with Gasteiger partial charge in [0.1, 0.15) is 6.42 Å². The summed E-state index contributed by atoms with van der Waals surface area (Å²) in [5.41, 5.74) is 3.08. The van der Waals surface area contributed by atoms with Crippen LogP contribution < -0.4 is 0 Å². The number of carbonyl (C=O) groups is 1. The molecule has 2 rings (SSSR count). The van der Waals surface area contributed by atoms with Gasteiger partial charge in [-0.1, -0.05) is 6.07 Å². The zero-order chi connectivity index (χ0) is 13.0.